The fourth-order valence-corrected chi connectivity index (χ4v) is 2.97. The van der Waals surface area contributed by atoms with Crippen LogP contribution in [0.3, 0.4) is 0 Å². The van der Waals surface area contributed by atoms with Gasteiger partial charge in [0.2, 0.25) is 0 Å². The second-order valence-electron chi connectivity index (χ2n) is 5.67. The monoisotopic (exact) mass is 386 g/mol. The highest BCUT2D eigenvalue weighted by molar-refractivity contribution is 6.22. The zero-order chi connectivity index (χ0) is 20.4. The van der Waals surface area contributed by atoms with E-state index in [0.717, 1.165) is 7.11 Å². The minimum absolute atomic E-state index is 0.111. The first-order valence-electron chi connectivity index (χ1n) is 8.33. The Balaban J connectivity index is 2.52. The van der Waals surface area contributed by atoms with Crippen LogP contribution in [0, 0.1) is 0 Å². The van der Waals surface area contributed by atoms with E-state index < -0.39 is 17.9 Å². The van der Waals surface area contributed by atoms with Crippen molar-refractivity contribution in [3.8, 4) is 5.75 Å². The van der Waals surface area contributed by atoms with Crippen LogP contribution in [0.4, 0.5) is 0 Å². The van der Waals surface area contributed by atoms with Crippen molar-refractivity contribution in [2.24, 2.45) is 0 Å². The molecule has 9 heteroatoms. The van der Waals surface area contributed by atoms with Gasteiger partial charge in [-0.2, -0.15) is 0 Å². The van der Waals surface area contributed by atoms with E-state index in [9.17, 15) is 14.4 Å². The molecule has 146 valence electrons. The highest BCUT2D eigenvalue weighted by Gasteiger charge is 2.30. The number of esters is 3. The first kappa shape index (κ1) is 19.2. The van der Waals surface area contributed by atoms with Crippen LogP contribution in [0.1, 0.15) is 38.3 Å². The Morgan fingerprint density at radius 2 is 1.71 bits per heavy atom. The third-order valence-corrected chi connectivity index (χ3v) is 4.19. The van der Waals surface area contributed by atoms with E-state index in [-0.39, 0.29) is 29.1 Å². The molecular formula is C19H18N2O7. The molecular weight excluding hydrogens is 368 g/mol. The normalized spacial score (nSPS) is 10.7. The molecule has 3 rings (SSSR count). The van der Waals surface area contributed by atoms with Crippen molar-refractivity contribution in [2.45, 2.75) is 6.92 Å². The molecule has 0 amide bonds. The van der Waals surface area contributed by atoms with Gasteiger partial charge >= 0.3 is 17.9 Å². The van der Waals surface area contributed by atoms with Gasteiger partial charge in [0.25, 0.3) is 0 Å². The molecule has 0 fully saturated rings. The van der Waals surface area contributed by atoms with Crippen molar-refractivity contribution < 1.29 is 33.3 Å². The number of H-pyrrole nitrogens is 1. The predicted octanol–water partition coefficient (Wildman–Crippen LogP) is 2.47. The van der Waals surface area contributed by atoms with Gasteiger partial charge < -0.3 is 23.9 Å². The number of carbonyl (C=O) groups is 3. The quantitative estimate of drug-likeness (QED) is 0.525. The Kier molecular flexibility index (Phi) is 5.16. The van der Waals surface area contributed by atoms with E-state index in [2.05, 4.69) is 9.97 Å². The molecule has 0 aliphatic heterocycles. The molecule has 0 saturated carbocycles. The van der Waals surface area contributed by atoms with Crippen molar-refractivity contribution in [2.75, 3.05) is 27.9 Å². The van der Waals surface area contributed by atoms with E-state index in [1.165, 1.54) is 14.2 Å². The summed E-state index contributed by atoms with van der Waals surface area (Å²) in [5, 5.41) is 0.895. The molecule has 1 aromatic carbocycles. The first-order valence-corrected chi connectivity index (χ1v) is 8.33. The molecule has 1 N–H and O–H groups in total. The zero-order valence-corrected chi connectivity index (χ0v) is 15.7. The standard InChI is InChI=1S/C19H18N2O7/c1-5-28-19(24)15-12-10-8-9(25-2)6-7-11(10)20-14(12)13(17(22)26-3)16(21-15)18(23)27-4/h6-8,20H,5H2,1-4H3. The molecule has 2 heterocycles. The molecule has 0 spiro atoms. The van der Waals surface area contributed by atoms with Gasteiger partial charge in [-0.25, -0.2) is 19.4 Å². The number of ether oxygens (including phenoxy) is 4. The number of rotatable bonds is 5. The van der Waals surface area contributed by atoms with Gasteiger partial charge in [0.05, 0.1) is 33.5 Å². The third-order valence-electron chi connectivity index (χ3n) is 4.19. The van der Waals surface area contributed by atoms with Crippen molar-refractivity contribution in [3.05, 3.63) is 35.2 Å². The summed E-state index contributed by atoms with van der Waals surface area (Å²) in [5.74, 6) is -1.88. The SMILES string of the molecule is CCOC(=O)c1nc(C(=O)OC)c(C(=O)OC)c2[nH]c3ccc(OC)cc3c12. The van der Waals surface area contributed by atoms with Gasteiger partial charge in [-0.05, 0) is 25.1 Å². The molecule has 2 aromatic heterocycles. The number of hydrogen-bond acceptors (Lipinski definition) is 8. The number of aromatic nitrogens is 2. The van der Waals surface area contributed by atoms with Crippen molar-refractivity contribution in [1.29, 1.82) is 0 Å². The lowest BCUT2D eigenvalue weighted by molar-refractivity contribution is 0.0515. The van der Waals surface area contributed by atoms with E-state index in [0.29, 0.717) is 22.0 Å². The lowest BCUT2D eigenvalue weighted by Gasteiger charge is -2.10. The minimum atomic E-state index is -0.885. The number of pyridine rings is 1. The van der Waals surface area contributed by atoms with Crippen LogP contribution in [-0.4, -0.2) is 55.8 Å². The summed E-state index contributed by atoms with van der Waals surface area (Å²) < 4.78 is 19.9. The van der Waals surface area contributed by atoms with Crippen LogP contribution in [0.2, 0.25) is 0 Å². The summed E-state index contributed by atoms with van der Waals surface area (Å²) in [5.41, 5.74) is 0.226. The average molecular weight is 386 g/mol. The number of nitrogens with zero attached hydrogens (tertiary/aromatic N) is 1. The Labute approximate surface area is 159 Å². The Morgan fingerprint density at radius 3 is 2.32 bits per heavy atom. The van der Waals surface area contributed by atoms with Gasteiger partial charge in [-0.1, -0.05) is 0 Å². The molecule has 3 aromatic rings. The molecule has 9 nitrogen and oxygen atoms in total. The number of benzene rings is 1. The number of fused-ring (bicyclic) bond motifs is 3. The average Bonchev–Trinajstić information content (AvgIpc) is 3.09. The van der Waals surface area contributed by atoms with E-state index in [1.807, 2.05) is 0 Å². The summed E-state index contributed by atoms with van der Waals surface area (Å²) in [6, 6.07) is 5.13. The van der Waals surface area contributed by atoms with Crippen LogP contribution in [-0.2, 0) is 14.2 Å². The second-order valence-corrected chi connectivity index (χ2v) is 5.67. The van der Waals surface area contributed by atoms with Gasteiger partial charge in [-0.15, -0.1) is 0 Å². The van der Waals surface area contributed by atoms with Crippen LogP contribution < -0.4 is 4.74 Å². The molecule has 0 atom stereocenters. The topological polar surface area (TPSA) is 117 Å². The van der Waals surface area contributed by atoms with Crippen molar-refractivity contribution >= 4 is 39.7 Å². The van der Waals surface area contributed by atoms with Crippen LogP contribution in [0.25, 0.3) is 21.8 Å². The summed E-state index contributed by atoms with van der Waals surface area (Å²) in [7, 11) is 3.84. The fraction of sp³-hybridized carbons (Fsp3) is 0.263. The van der Waals surface area contributed by atoms with E-state index in [1.54, 1.807) is 25.1 Å². The minimum Gasteiger partial charge on any atom is -0.497 e. The van der Waals surface area contributed by atoms with Gasteiger partial charge in [0.15, 0.2) is 11.4 Å². The smallest absolute Gasteiger partial charge is 0.357 e. The number of carbonyl (C=O) groups excluding carboxylic acids is 3. The number of hydrogen-bond donors (Lipinski definition) is 1. The van der Waals surface area contributed by atoms with Crippen LogP contribution in [0.5, 0.6) is 5.75 Å². The van der Waals surface area contributed by atoms with Gasteiger partial charge in [-0.3, -0.25) is 0 Å². The predicted molar refractivity (Wildman–Crippen MR) is 98.8 cm³/mol. The third kappa shape index (κ3) is 3.00. The van der Waals surface area contributed by atoms with Crippen LogP contribution in [0.15, 0.2) is 18.2 Å². The number of methoxy groups -OCH3 is 3. The molecule has 0 unspecified atom stereocenters. The van der Waals surface area contributed by atoms with Crippen LogP contribution >= 0.6 is 0 Å². The maximum atomic E-state index is 12.6. The highest BCUT2D eigenvalue weighted by Crippen LogP contribution is 2.34. The van der Waals surface area contributed by atoms with E-state index >= 15 is 0 Å². The molecule has 0 saturated heterocycles. The fourth-order valence-electron chi connectivity index (χ4n) is 2.97. The maximum Gasteiger partial charge on any atom is 0.357 e. The summed E-state index contributed by atoms with van der Waals surface area (Å²) >= 11 is 0. The first-order chi connectivity index (χ1) is 13.5. The van der Waals surface area contributed by atoms with Crippen molar-refractivity contribution in [3.63, 3.8) is 0 Å². The molecule has 0 aliphatic carbocycles. The Morgan fingerprint density at radius 1 is 1.00 bits per heavy atom. The van der Waals surface area contributed by atoms with Gasteiger partial charge in [0, 0.05) is 16.3 Å². The summed E-state index contributed by atoms with van der Waals surface area (Å²) in [4.78, 5) is 44.5. The number of aromatic amines is 1. The zero-order valence-electron chi connectivity index (χ0n) is 15.7. The lowest BCUT2D eigenvalue weighted by Crippen LogP contribution is -2.18. The molecule has 0 aliphatic rings. The van der Waals surface area contributed by atoms with Crippen molar-refractivity contribution in [1.82, 2.24) is 9.97 Å². The maximum absolute atomic E-state index is 12.6. The molecule has 0 radical (unpaired) electrons. The molecule has 0 bridgehead atoms. The second kappa shape index (κ2) is 7.55. The number of nitrogens with one attached hydrogen (secondary N) is 1. The largest absolute Gasteiger partial charge is 0.497 e. The highest BCUT2D eigenvalue weighted by atomic mass is 16.5. The lowest BCUT2D eigenvalue weighted by atomic mass is 10.0. The molecule has 28 heavy (non-hydrogen) atoms. The van der Waals surface area contributed by atoms with Gasteiger partial charge in [0.1, 0.15) is 11.3 Å². The Bertz CT molecular complexity index is 1100. The van der Waals surface area contributed by atoms with E-state index in [4.69, 9.17) is 18.9 Å². The summed E-state index contributed by atoms with van der Waals surface area (Å²) in [6.45, 7) is 1.76. The summed E-state index contributed by atoms with van der Waals surface area (Å²) in [6.07, 6.45) is 0. The Hall–Kier alpha value is -3.62.